The molecule has 4 rings (SSSR count). The number of ether oxygens (including phenoxy) is 1. The highest BCUT2D eigenvalue weighted by molar-refractivity contribution is 9.10. The third-order valence-electron chi connectivity index (χ3n) is 5.00. The van der Waals surface area contributed by atoms with E-state index in [0.717, 1.165) is 33.3 Å². The molecule has 5 nitrogen and oxygen atoms in total. The fraction of sp³-hybridized carbons (Fsp3) is 0.231. The molecule has 0 bridgehead atoms. The van der Waals surface area contributed by atoms with Gasteiger partial charge < -0.3 is 14.5 Å². The zero-order valence-electron chi connectivity index (χ0n) is 18.3. The number of rotatable bonds is 7. The molecule has 0 radical (unpaired) electrons. The number of nitrogens with one attached hydrogen (secondary N) is 1. The van der Waals surface area contributed by atoms with Crippen molar-refractivity contribution in [1.82, 2.24) is 4.98 Å². The Bertz CT molecular complexity index is 1230. The van der Waals surface area contributed by atoms with Gasteiger partial charge in [-0.2, -0.15) is 0 Å². The Morgan fingerprint density at radius 2 is 1.81 bits per heavy atom. The Morgan fingerprint density at radius 1 is 1.09 bits per heavy atom. The van der Waals surface area contributed by atoms with Gasteiger partial charge in [0.25, 0.3) is 5.91 Å². The summed E-state index contributed by atoms with van der Waals surface area (Å²) in [7, 11) is 0. The van der Waals surface area contributed by atoms with E-state index in [2.05, 4.69) is 53.1 Å². The standard InChI is InChI=1S/C26H25BrN2O3/c1-4-17-13-22(27)24-23(14-17)29-26(32-24)19-5-9-20(10-6-19)28-25(30)18-7-11-21(12-8-18)31-15-16(2)3/h5-14,16H,4,15H2,1-3H3,(H,28,30). The summed E-state index contributed by atoms with van der Waals surface area (Å²) in [5.74, 6) is 1.58. The lowest BCUT2D eigenvalue weighted by molar-refractivity contribution is 0.102. The number of carbonyl (C=O) groups excluding carboxylic acids is 1. The number of oxazole rings is 1. The summed E-state index contributed by atoms with van der Waals surface area (Å²) in [4.78, 5) is 17.2. The first-order chi connectivity index (χ1) is 15.4. The van der Waals surface area contributed by atoms with Crippen LogP contribution in [0.2, 0.25) is 0 Å². The third-order valence-corrected chi connectivity index (χ3v) is 5.59. The largest absolute Gasteiger partial charge is 0.493 e. The number of benzene rings is 3. The second kappa shape index (κ2) is 9.57. The number of fused-ring (bicyclic) bond motifs is 1. The summed E-state index contributed by atoms with van der Waals surface area (Å²) in [5, 5.41) is 2.92. The molecule has 0 fully saturated rings. The van der Waals surface area contributed by atoms with Gasteiger partial charge >= 0.3 is 0 Å². The molecule has 0 unspecified atom stereocenters. The smallest absolute Gasteiger partial charge is 0.255 e. The molecule has 0 spiro atoms. The summed E-state index contributed by atoms with van der Waals surface area (Å²) in [6.45, 7) is 6.95. The predicted molar refractivity (Wildman–Crippen MR) is 131 cm³/mol. The molecule has 1 aromatic heterocycles. The third kappa shape index (κ3) is 5.02. The number of carbonyl (C=O) groups is 1. The quantitative estimate of drug-likeness (QED) is 0.298. The fourth-order valence-electron chi connectivity index (χ4n) is 3.24. The molecule has 0 aliphatic heterocycles. The van der Waals surface area contributed by atoms with E-state index in [9.17, 15) is 4.79 Å². The number of hydrogen-bond donors (Lipinski definition) is 1. The number of amides is 1. The summed E-state index contributed by atoms with van der Waals surface area (Å²) in [6, 6.07) is 18.7. The van der Waals surface area contributed by atoms with Crippen LogP contribution in [0.4, 0.5) is 5.69 Å². The number of halogens is 1. The van der Waals surface area contributed by atoms with Gasteiger partial charge in [-0.15, -0.1) is 0 Å². The van der Waals surface area contributed by atoms with Crippen LogP contribution in [-0.4, -0.2) is 17.5 Å². The maximum Gasteiger partial charge on any atom is 0.255 e. The van der Waals surface area contributed by atoms with Crippen molar-refractivity contribution in [2.24, 2.45) is 5.92 Å². The van der Waals surface area contributed by atoms with Crippen molar-refractivity contribution in [3.63, 3.8) is 0 Å². The van der Waals surface area contributed by atoms with E-state index < -0.39 is 0 Å². The number of nitrogens with zero attached hydrogens (tertiary/aromatic N) is 1. The minimum atomic E-state index is -0.175. The van der Waals surface area contributed by atoms with Crippen LogP contribution in [0.1, 0.15) is 36.7 Å². The highest BCUT2D eigenvalue weighted by Crippen LogP contribution is 2.31. The molecule has 164 valence electrons. The molecule has 0 atom stereocenters. The Labute approximate surface area is 195 Å². The lowest BCUT2D eigenvalue weighted by Crippen LogP contribution is -2.11. The van der Waals surface area contributed by atoms with Crippen LogP contribution >= 0.6 is 15.9 Å². The monoisotopic (exact) mass is 492 g/mol. The van der Waals surface area contributed by atoms with E-state index in [0.29, 0.717) is 29.7 Å². The second-order valence-electron chi connectivity index (χ2n) is 8.06. The Kier molecular flexibility index (Phi) is 6.61. The molecule has 3 aromatic carbocycles. The lowest BCUT2D eigenvalue weighted by Gasteiger charge is -2.09. The summed E-state index contributed by atoms with van der Waals surface area (Å²) in [6.07, 6.45) is 0.929. The van der Waals surface area contributed by atoms with E-state index in [1.165, 1.54) is 5.56 Å². The summed E-state index contributed by atoms with van der Waals surface area (Å²) >= 11 is 3.57. The van der Waals surface area contributed by atoms with Gasteiger partial charge in [-0.25, -0.2) is 4.98 Å². The van der Waals surface area contributed by atoms with Crippen LogP contribution < -0.4 is 10.1 Å². The van der Waals surface area contributed by atoms with Crippen molar-refractivity contribution in [2.45, 2.75) is 27.2 Å². The highest BCUT2D eigenvalue weighted by Gasteiger charge is 2.13. The van der Waals surface area contributed by atoms with E-state index in [4.69, 9.17) is 9.15 Å². The fourth-order valence-corrected chi connectivity index (χ4v) is 3.82. The average Bonchev–Trinajstić information content (AvgIpc) is 3.23. The number of hydrogen-bond acceptors (Lipinski definition) is 4. The average molecular weight is 493 g/mol. The van der Waals surface area contributed by atoms with Gasteiger partial charge in [-0.05, 0) is 94.5 Å². The molecule has 32 heavy (non-hydrogen) atoms. The maximum atomic E-state index is 12.6. The van der Waals surface area contributed by atoms with Gasteiger partial charge in [0.2, 0.25) is 5.89 Å². The molecule has 6 heteroatoms. The summed E-state index contributed by atoms with van der Waals surface area (Å²) in [5.41, 5.74) is 4.86. The second-order valence-corrected chi connectivity index (χ2v) is 8.91. The van der Waals surface area contributed by atoms with Crippen LogP contribution in [0.3, 0.4) is 0 Å². The molecule has 0 aliphatic carbocycles. The maximum absolute atomic E-state index is 12.6. The minimum Gasteiger partial charge on any atom is -0.493 e. The van der Waals surface area contributed by atoms with Crippen LogP contribution in [0, 0.1) is 5.92 Å². The Morgan fingerprint density at radius 3 is 2.47 bits per heavy atom. The topological polar surface area (TPSA) is 64.4 Å². The minimum absolute atomic E-state index is 0.175. The van der Waals surface area contributed by atoms with Crippen LogP contribution in [0.15, 0.2) is 69.6 Å². The number of aryl methyl sites for hydroxylation is 1. The van der Waals surface area contributed by atoms with Crippen molar-refractivity contribution in [3.8, 4) is 17.2 Å². The molecular formula is C26H25BrN2O3. The molecule has 1 amide bonds. The first kappa shape index (κ1) is 22.1. The predicted octanol–water partition coefficient (Wildman–Crippen LogP) is 7.11. The number of anilines is 1. The van der Waals surface area contributed by atoms with Crippen molar-refractivity contribution in [1.29, 1.82) is 0 Å². The first-order valence-corrected chi connectivity index (χ1v) is 11.5. The summed E-state index contributed by atoms with van der Waals surface area (Å²) < 4.78 is 12.5. The van der Waals surface area contributed by atoms with Crippen LogP contribution in [0.5, 0.6) is 5.75 Å². The molecule has 0 saturated carbocycles. The zero-order chi connectivity index (χ0) is 22.7. The van der Waals surface area contributed by atoms with E-state index in [1.807, 2.05) is 42.5 Å². The molecule has 0 saturated heterocycles. The van der Waals surface area contributed by atoms with E-state index in [-0.39, 0.29) is 5.91 Å². The van der Waals surface area contributed by atoms with Gasteiger partial charge in [0.05, 0.1) is 11.1 Å². The lowest BCUT2D eigenvalue weighted by atomic mass is 10.1. The molecule has 4 aromatic rings. The van der Waals surface area contributed by atoms with E-state index in [1.54, 1.807) is 12.1 Å². The Hall–Kier alpha value is -3.12. The molecule has 0 aliphatic rings. The van der Waals surface area contributed by atoms with Crippen molar-refractivity contribution in [3.05, 3.63) is 76.3 Å². The van der Waals surface area contributed by atoms with Gasteiger partial charge in [0.1, 0.15) is 11.3 Å². The van der Waals surface area contributed by atoms with Gasteiger partial charge in [-0.1, -0.05) is 20.8 Å². The highest BCUT2D eigenvalue weighted by atomic mass is 79.9. The SMILES string of the molecule is CCc1cc(Br)c2oc(-c3ccc(NC(=O)c4ccc(OCC(C)C)cc4)cc3)nc2c1. The molecule has 1 N–H and O–H groups in total. The normalized spacial score (nSPS) is 11.2. The molecular weight excluding hydrogens is 468 g/mol. The van der Waals surface area contributed by atoms with Gasteiger partial charge in [-0.3, -0.25) is 4.79 Å². The first-order valence-electron chi connectivity index (χ1n) is 10.7. The van der Waals surface area contributed by atoms with E-state index >= 15 is 0 Å². The van der Waals surface area contributed by atoms with Crippen molar-refractivity contribution >= 4 is 38.6 Å². The molecule has 1 heterocycles. The Balaban J connectivity index is 1.45. The van der Waals surface area contributed by atoms with Gasteiger partial charge in [0.15, 0.2) is 5.58 Å². The van der Waals surface area contributed by atoms with Crippen molar-refractivity contribution in [2.75, 3.05) is 11.9 Å². The van der Waals surface area contributed by atoms with Gasteiger partial charge in [0, 0.05) is 16.8 Å². The van der Waals surface area contributed by atoms with Crippen LogP contribution in [-0.2, 0) is 6.42 Å². The number of aromatic nitrogens is 1. The van der Waals surface area contributed by atoms with Crippen LogP contribution in [0.25, 0.3) is 22.6 Å². The zero-order valence-corrected chi connectivity index (χ0v) is 19.9. The van der Waals surface area contributed by atoms with Crippen molar-refractivity contribution < 1.29 is 13.9 Å².